The first kappa shape index (κ1) is 14.6. The zero-order chi connectivity index (χ0) is 14.5. The van der Waals surface area contributed by atoms with Gasteiger partial charge in [-0.25, -0.2) is 13.2 Å². The lowest BCUT2D eigenvalue weighted by Gasteiger charge is -2.09. The molecule has 0 unspecified atom stereocenters. The van der Waals surface area contributed by atoms with Crippen molar-refractivity contribution in [2.24, 2.45) is 0 Å². The van der Waals surface area contributed by atoms with Crippen molar-refractivity contribution in [3.8, 4) is 11.1 Å². The van der Waals surface area contributed by atoms with Gasteiger partial charge in [0, 0.05) is 23.7 Å². The second kappa shape index (κ2) is 6.57. The van der Waals surface area contributed by atoms with Crippen LogP contribution in [-0.4, -0.2) is 6.54 Å². The van der Waals surface area contributed by atoms with Crippen LogP contribution in [0.1, 0.15) is 18.9 Å². The fraction of sp³-hybridized carbons (Fsp3) is 0.250. The van der Waals surface area contributed by atoms with Crippen molar-refractivity contribution in [1.29, 1.82) is 0 Å². The first-order valence-corrected chi connectivity index (χ1v) is 6.56. The van der Waals surface area contributed by atoms with Crippen LogP contribution in [0.25, 0.3) is 11.1 Å². The third-order valence-corrected chi connectivity index (χ3v) is 3.01. The van der Waals surface area contributed by atoms with E-state index in [1.54, 1.807) is 12.1 Å². The Hall–Kier alpha value is -1.81. The van der Waals surface area contributed by atoms with Gasteiger partial charge in [0.15, 0.2) is 0 Å². The van der Waals surface area contributed by atoms with Gasteiger partial charge in [-0.05, 0) is 42.8 Å². The summed E-state index contributed by atoms with van der Waals surface area (Å²) in [4.78, 5) is 0. The number of rotatable bonds is 5. The molecule has 2 aromatic carbocycles. The Kier molecular flexibility index (Phi) is 4.79. The van der Waals surface area contributed by atoms with Crippen LogP contribution >= 0.6 is 0 Å². The van der Waals surface area contributed by atoms with E-state index in [4.69, 9.17) is 0 Å². The normalized spacial score (nSPS) is 10.8. The van der Waals surface area contributed by atoms with E-state index in [1.807, 2.05) is 0 Å². The van der Waals surface area contributed by atoms with Crippen LogP contribution in [0, 0.1) is 17.5 Å². The molecule has 0 aliphatic heterocycles. The maximum atomic E-state index is 13.8. The van der Waals surface area contributed by atoms with Crippen LogP contribution in [0.5, 0.6) is 0 Å². The second-order valence-electron chi connectivity index (χ2n) is 4.62. The van der Waals surface area contributed by atoms with E-state index in [0.29, 0.717) is 6.54 Å². The molecule has 106 valence electrons. The number of halogens is 3. The first-order valence-electron chi connectivity index (χ1n) is 6.56. The molecular formula is C16H16F3N. The van der Waals surface area contributed by atoms with E-state index >= 15 is 0 Å². The third-order valence-electron chi connectivity index (χ3n) is 3.01. The molecule has 1 nitrogen and oxygen atoms in total. The van der Waals surface area contributed by atoms with Crippen molar-refractivity contribution in [3.63, 3.8) is 0 Å². The summed E-state index contributed by atoms with van der Waals surface area (Å²) in [5, 5.41) is 3.20. The molecule has 0 bridgehead atoms. The Morgan fingerprint density at radius 1 is 0.900 bits per heavy atom. The fourth-order valence-electron chi connectivity index (χ4n) is 2.01. The van der Waals surface area contributed by atoms with Crippen LogP contribution in [0.15, 0.2) is 36.4 Å². The molecule has 1 N–H and O–H groups in total. The molecule has 0 atom stereocenters. The van der Waals surface area contributed by atoms with Gasteiger partial charge in [0.2, 0.25) is 0 Å². The molecule has 4 heteroatoms. The summed E-state index contributed by atoms with van der Waals surface area (Å²) in [6, 6.07) is 7.70. The van der Waals surface area contributed by atoms with E-state index in [9.17, 15) is 13.2 Å². The number of benzene rings is 2. The van der Waals surface area contributed by atoms with Gasteiger partial charge in [0.1, 0.15) is 17.5 Å². The minimum absolute atomic E-state index is 0.0706. The second-order valence-corrected chi connectivity index (χ2v) is 4.62. The summed E-state index contributed by atoms with van der Waals surface area (Å²) in [5.74, 6) is -1.95. The van der Waals surface area contributed by atoms with Gasteiger partial charge >= 0.3 is 0 Å². The minimum Gasteiger partial charge on any atom is -0.313 e. The van der Waals surface area contributed by atoms with Crippen molar-refractivity contribution in [1.82, 2.24) is 5.32 Å². The largest absolute Gasteiger partial charge is 0.313 e. The van der Waals surface area contributed by atoms with Crippen LogP contribution in [0.2, 0.25) is 0 Å². The molecule has 0 aliphatic rings. The van der Waals surface area contributed by atoms with Gasteiger partial charge in [-0.15, -0.1) is 0 Å². The molecule has 20 heavy (non-hydrogen) atoms. The smallest absolute Gasteiger partial charge is 0.134 e. The summed E-state index contributed by atoms with van der Waals surface area (Å²) < 4.78 is 40.5. The Balaban J connectivity index is 2.32. The highest BCUT2D eigenvalue weighted by Crippen LogP contribution is 2.27. The molecule has 0 spiro atoms. The minimum atomic E-state index is -0.762. The highest BCUT2D eigenvalue weighted by atomic mass is 19.1. The molecule has 2 rings (SSSR count). The molecular weight excluding hydrogens is 263 g/mol. The van der Waals surface area contributed by atoms with E-state index in [1.165, 1.54) is 12.1 Å². The maximum absolute atomic E-state index is 13.8. The Labute approximate surface area is 116 Å². The standard InChI is InChI=1S/C16H16F3N/c1-2-7-20-10-11-3-6-15(18)14(8-11)13-5-4-12(17)9-16(13)19/h3-6,8-9,20H,2,7,10H2,1H3. The van der Waals surface area contributed by atoms with Crippen LogP contribution in [0.3, 0.4) is 0 Å². The quantitative estimate of drug-likeness (QED) is 0.806. The van der Waals surface area contributed by atoms with Crippen molar-refractivity contribution < 1.29 is 13.2 Å². The lowest BCUT2D eigenvalue weighted by Crippen LogP contribution is -2.13. The van der Waals surface area contributed by atoms with Crippen LogP contribution in [-0.2, 0) is 6.54 Å². The Morgan fingerprint density at radius 2 is 1.70 bits per heavy atom. The van der Waals surface area contributed by atoms with Gasteiger partial charge in [-0.1, -0.05) is 13.0 Å². The van der Waals surface area contributed by atoms with Gasteiger partial charge in [0.05, 0.1) is 0 Å². The van der Waals surface area contributed by atoms with Crippen molar-refractivity contribution in [2.45, 2.75) is 19.9 Å². The zero-order valence-electron chi connectivity index (χ0n) is 11.2. The lowest BCUT2D eigenvalue weighted by molar-refractivity contribution is 0.582. The maximum Gasteiger partial charge on any atom is 0.134 e. The van der Waals surface area contributed by atoms with E-state index in [-0.39, 0.29) is 11.1 Å². The fourth-order valence-corrected chi connectivity index (χ4v) is 2.01. The zero-order valence-corrected chi connectivity index (χ0v) is 11.2. The van der Waals surface area contributed by atoms with Gasteiger partial charge in [-0.3, -0.25) is 0 Å². The summed E-state index contributed by atoms with van der Waals surface area (Å²) in [7, 11) is 0. The van der Waals surface area contributed by atoms with Crippen LogP contribution in [0.4, 0.5) is 13.2 Å². The molecule has 2 aromatic rings. The lowest BCUT2D eigenvalue weighted by atomic mass is 10.0. The molecule has 0 amide bonds. The van der Waals surface area contributed by atoms with Gasteiger partial charge in [-0.2, -0.15) is 0 Å². The molecule has 0 radical (unpaired) electrons. The molecule has 0 aliphatic carbocycles. The third kappa shape index (κ3) is 3.39. The molecule has 0 aromatic heterocycles. The van der Waals surface area contributed by atoms with Crippen molar-refractivity contribution >= 4 is 0 Å². The number of nitrogens with one attached hydrogen (secondary N) is 1. The average molecular weight is 279 g/mol. The van der Waals surface area contributed by atoms with E-state index in [2.05, 4.69) is 12.2 Å². The highest BCUT2D eigenvalue weighted by Gasteiger charge is 2.11. The molecule has 0 fully saturated rings. The van der Waals surface area contributed by atoms with E-state index in [0.717, 1.165) is 30.7 Å². The molecule has 0 heterocycles. The summed E-state index contributed by atoms with van der Waals surface area (Å²) >= 11 is 0. The average Bonchev–Trinajstić information content (AvgIpc) is 2.41. The molecule has 0 saturated heterocycles. The predicted octanol–water partition coefficient (Wildman–Crippen LogP) is 4.27. The molecule has 0 saturated carbocycles. The monoisotopic (exact) mass is 279 g/mol. The summed E-state index contributed by atoms with van der Waals surface area (Å²) in [6.45, 7) is 3.50. The first-order chi connectivity index (χ1) is 9.61. The van der Waals surface area contributed by atoms with Crippen molar-refractivity contribution in [3.05, 3.63) is 59.4 Å². The summed E-state index contributed by atoms with van der Waals surface area (Å²) in [5.41, 5.74) is 1.08. The highest BCUT2D eigenvalue weighted by molar-refractivity contribution is 5.65. The van der Waals surface area contributed by atoms with Gasteiger partial charge < -0.3 is 5.32 Å². The predicted molar refractivity (Wildman–Crippen MR) is 73.7 cm³/mol. The van der Waals surface area contributed by atoms with E-state index < -0.39 is 17.5 Å². The Bertz CT molecular complexity index is 596. The SMILES string of the molecule is CCCNCc1ccc(F)c(-c2ccc(F)cc2F)c1. The van der Waals surface area contributed by atoms with Gasteiger partial charge in [0.25, 0.3) is 0 Å². The summed E-state index contributed by atoms with van der Waals surface area (Å²) in [6.07, 6.45) is 1.00. The van der Waals surface area contributed by atoms with Crippen LogP contribution < -0.4 is 5.32 Å². The number of hydrogen-bond donors (Lipinski definition) is 1. The van der Waals surface area contributed by atoms with Crippen molar-refractivity contribution in [2.75, 3.05) is 6.54 Å². The number of hydrogen-bond acceptors (Lipinski definition) is 1. The topological polar surface area (TPSA) is 12.0 Å². The Morgan fingerprint density at radius 3 is 2.40 bits per heavy atom.